The number of benzene rings is 2. The Morgan fingerprint density at radius 1 is 0.953 bits per heavy atom. The molecular formula is C30H38Cl2IN7O3. The second-order valence-corrected chi connectivity index (χ2v) is 9.39. The summed E-state index contributed by atoms with van der Waals surface area (Å²) in [4.78, 5) is 34.1. The number of imidazole rings is 1. The van der Waals surface area contributed by atoms with Gasteiger partial charge >= 0.3 is 12.1 Å². The van der Waals surface area contributed by atoms with Gasteiger partial charge in [-0.3, -0.25) is 14.8 Å². The summed E-state index contributed by atoms with van der Waals surface area (Å²) in [5, 5.41) is 3.33. The van der Waals surface area contributed by atoms with E-state index in [4.69, 9.17) is 4.74 Å². The first kappa shape index (κ1) is 37.6. The highest BCUT2D eigenvalue weighted by Gasteiger charge is 2.29. The topological polar surface area (TPSA) is 86.8 Å². The van der Waals surface area contributed by atoms with Crippen LogP contribution in [-0.4, -0.2) is 72.9 Å². The van der Waals surface area contributed by atoms with Crippen molar-refractivity contribution in [3.8, 4) is 5.75 Å². The molecule has 4 aromatic rings. The van der Waals surface area contributed by atoms with Crippen molar-refractivity contribution in [2.24, 2.45) is 7.05 Å². The lowest BCUT2D eigenvalue weighted by atomic mass is 10.2. The second-order valence-electron chi connectivity index (χ2n) is 9.39. The third-order valence-electron chi connectivity index (χ3n) is 6.52. The Kier molecular flexibility index (Phi) is 16.6. The third kappa shape index (κ3) is 10.7. The molecule has 1 aliphatic rings. The molecule has 3 heterocycles. The lowest BCUT2D eigenvalue weighted by Gasteiger charge is -2.38. The number of carbonyl (C=O) groups is 2. The van der Waals surface area contributed by atoms with E-state index in [9.17, 15) is 9.59 Å². The summed E-state index contributed by atoms with van der Waals surface area (Å²) in [5.41, 5.74) is 1.76. The largest absolute Gasteiger partial charge is 1.00 e. The minimum absolute atomic E-state index is 0. The molecule has 2 aromatic carbocycles. The monoisotopic (exact) mass is 741 g/mol. The average Bonchev–Trinajstić information content (AvgIpc) is 3.46. The number of nitrogens with one attached hydrogen (secondary N) is 1. The van der Waals surface area contributed by atoms with E-state index in [1.54, 1.807) is 53.4 Å². The van der Waals surface area contributed by atoms with E-state index in [2.05, 4.69) is 10.3 Å². The fraction of sp³-hybridized carbons (Fsp3) is 0.267. The molecule has 10 nitrogen and oxygen atoms in total. The van der Waals surface area contributed by atoms with Gasteiger partial charge in [-0.05, 0) is 36.4 Å². The summed E-state index contributed by atoms with van der Waals surface area (Å²) < 4.78 is 9.18. The number of nitrogens with zero attached hydrogens (tertiary/aromatic N) is 6. The highest BCUT2D eigenvalue weighted by atomic mass is 127. The number of halogens is 3. The molecule has 1 unspecified atom stereocenters. The maximum atomic E-state index is 12.9. The number of urea groups is 1. The van der Waals surface area contributed by atoms with Crippen LogP contribution in [0.4, 0.5) is 21.0 Å². The third-order valence-corrected chi connectivity index (χ3v) is 6.52. The summed E-state index contributed by atoms with van der Waals surface area (Å²) in [6.45, 7) is 2.61. The van der Waals surface area contributed by atoms with E-state index in [1.165, 1.54) is 0 Å². The van der Waals surface area contributed by atoms with Crippen LogP contribution in [-0.2, 0) is 7.05 Å². The van der Waals surface area contributed by atoms with Crippen LogP contribution in [0.25, 0.3) is 0 Å². The van der Waals surface area contributed by atoms with Crippen LogP contribution in [0.5, 0.6) is 5.75 Å². The number of aromatic nitrogens is 3. The van der Waals surface area contributed by atoms with E-state index in [1.807, 2.05) is 95.5 Å². The number of carbonyl (C=O) groups excluding carboxylic acids is 2. The normalized spacial score (nSPS) is 13.5. The predicted molar refractivity (Wildman–Crippen MR) is 169 cm³/mol. The van der Waals surface area contributed by atoms with Gasteiger partial charge in [-0.15, -0.1) is 24.8 Å². The molecule has 1 fully saturated rings. The molecule has 5 rings (SSSR count). The predicted octanol–water partition coefficient (Wildman–Crippen LogP) is 1.26. The average molecular weight is 742 g/mol. The number of para-hydroxylation sites is 2. The standard InChI is InChI=1S/C18H22N4O2.C12H14N3O.2ClH.HI/c1-21(15-6-3-2-4-7-15)18(23)22-11-10-20-12-16(22)14-24-17-8-5-9-19-13-17;1-13-8-9-15(10-13)12(16)14(2)11-6-4-3-5-7-11;;;/h2-9,13,16,20H,10-12,14H2,1H3;3-10H,1-2H3;3*1H/q;+1;;;/p-1. The Labute approximate surface area is 282 Å². The first-order valence-corrected chi connectivity index (χ1v) is 13.1. The van der Waals surface area contributed by atoms with Gasteiger partial charge in [0.1, 0.15) is 24.8 Å². The molecule has 1 atom stereocenters. The molecule has 0 saturated carbocycles. The first-order chi connectivity index (χ1) is 19.4. The zero-order valence-electron chi connectivity index (χ0n) is 24.3. The van der Waals surface area contributed by atoms with Gasteiger partial charge in [-0.2, -0.15) is 4.57 Å². The summed E-state index contributed by atoms with van der Waals surface area (Å²) in [6, 6.07) is 22.8. The van der Waals surface area contributed by atoms with Crippen molar-refractivity contribution in [1.82, 2.24) is 19.8 Å². The van der Waals surface area contributed by atoms with Crippen molar-refractivity contribution in [3.63, 3.8) is 0 Å². The molecule has 1 saturated heterocycles. The Bertz CT molecular complexity index is 1370. The molecule has 0 bridgehead atoms. The van der Waals surface area contributed by atoms with Crippen molar-refractivity contribution >= 4 is 48.3 Å². The Morgan fingerprint density at radius 3 is 2.09 bits per heavy atom. The van der Waals surface area contributed by atoms with E-state index in [0.717, 1.165) is 17.9 Å². The molecule has 3 amide bonds. The Hall–Kier alpha value is -3.39. The van der Waals surface area contributed by atoms with E-state index in [0.29, 0.717) is 25.4 Å². The smallest absolute Gasteiger partial charge is 0.419 e. The van der Waals surface area contributed by atoms with Crippen molar-refractivity contribution < 1.29 is 42.9 Å². The van der Waals surface area contributed by atoms with Crippen LogP contribution < -0.4 is 48.4 Å². The Morgan fingerprint density at radius 2 is 1.56 bits per heavy atom. The number of aryl methyl sites for hydroxylation is 1. The molecular weight excluding hydrogens is 704 g/mol. The molecule has 0 radical (unpaired) electrons. The maximum absolute atomic E-state index is 12.9. The summed E-state index contributed by atoms with van der Waals surface area (Å²) in [7, 11) is 5.45. The molecule has 2 aromatic heterocycles. The first-order valence-electron chi connectivity index (χ1n) is 13.1. The van der Waals surface area contributed by atoms with Gasteiger partial charge in [0.05, 0.1) is 19.3 Å². The van der Waals surface area contributed by atoms with Crippen molar-refractivity contribution in [1.29, 1.82) is 0 Å². The van der Waals surface area contributed by atoms with Crippen LogP contribution in [0.3, 0.4) is 0 Å². The highest BCUT2D eigenvalue weighted by molar-refractivity contribution is 5.93. The lowest BCUT2D eigenvalue weighted by molar-refractivity contribution is -0.670. The minimum Gasteiger partial charge on any atom is -1.00 e. The maximum Gasteiger partial charge on any atom is 0.419 e. The minimum atomic E-state index is -0.0770. The van der Waals surface area contributed by atoms with Crippen LogP contribution in [0.15, 0.2) is 104 Å². The second kappa shape index (κ2) is 19.0. The molecule has 13 heteroatoms. The van der Waals surface area contributed by atoms with Gasteiger partial charge in [-0.25, -0.2) is 14.2 Å². The van der Waals surface area contributed by atoms with Crippen molar-refractivity contribution in [3.05, 3.63) is 104 Å². The molecule has 0 spiro atoms. The molecule has 0 aliphatic carbocycles. The zero-order valence-corrected chi connectivity index (χ0v) is 28.1. The molecule has 43 heavy (non-hydrogen) atoms. The fourth-order valence-corrected chi connectivity index (χ4v) is 4.24. The molecule has 232 valence electrons. The number of hydrogen-bond donors (Lipinski definition) is 1. The number of pyridine rings is 1. The van der Waals surface area contributed by atoms with Crippen LogP contribution in [0.1, 0.15) is 0 Å². The summed E-state index contributed by atoms with van der Waals surface area (Å²) in [5.74, 6) is 0.715. The van der Waals surface area contributed by atoms with Gasteiger partial charge in [0.15, 0.2) is 0 Å². The van der Waals surface area contributed by atoms with Crippen molar-refractivity contribution in [2.45, 2.75) is 6.04 Å². The SMILES string of the molecule is CN(C(=O)N1CCNCC1COc1cccnc1)c1ccccc1.CN(C(=O)n1cc[n+](C)c1)c1ccccc1.Cl.Cl.[I-]. The number of anilines is 2. The number of amides is 3. The van der Waals surface area contributed by atoms with Gasteiger partial charge in [0.2, 0.25) is 0 Å². The van der Waals surface area contributed by atoms with Crippen LogP contribution in [0.2, 0.25) is 0 Å². The van der Waals surface area contributed by atoms with Crippen LogP contribution in [0, 0.1) is 0 Å². The fourth-order valence-electron chi connectivity index (χ4n) is 4.24. The van der Waals surface area contributed by atoms with E-state index < -0.39 is 0 Å². The van der Waals surface area contributed by atoms with Crippen molar-refractivity contribution in [2.75, 3.05) is 50.1 Å². The Balaban J connectivity index is 0.000000430. The summed E-state index contributed by atoms with van der Waals surface area (Å²) in [6.07, 6.45) is 8.69. The van der Waals surface area contributed by atoms with E-state index >= 15 is 0 Å². The number of piperazine rings is 1. The zero-order chi connectivity index (χ0) is 28.3. The number of ether oxygens (including phenoxy) is 1. The quantitative estimate of drug-likeness (QED) is 0.246. The van der Waals surface area contributed by atoms with Gasteiger partial charge in [-0.1, -0.05) is 36.4 Å². The van der Waals surface area contributed by atoms with Gasteiger partial charge in [0, 0.05) is 51.3 Å². The summed E-state index contributed by atoms with van der Waals surface area (Å²) >= 11 is 0. The number of hydrogen-bond acceptors (Lipinski definition) is 5. The van der Waals surface area contributed by atoms with Crippen LogP contribution >= 0.6 is 24.8 Å². The van der Waals surface area contributed by atoms with Gasteiger partial charge in [0.25, 0.3) is 6.33 Å². The van der Waals surface area contributed by atoms with E-state index in [-0.39, 0.29) is 66.9 Å². The lowest BCUT2D eigenvalue weighted by Crippen LogP contribution is -3.00. The molecule has 1 N–H and O–H groups in total. The highest BCUT2D eigenvalue weighted by Crippen LogP contribution is 2.17. The van der Waals surface area contributed by atoms with Gasteiger partial charge < -0.3 is 38.9 Å². The number of rotatable bonds is 5. The molecule has 1 aliphatic heterocycles.